The van der Waals surface area contributed by atoms with Crippen molar-refractivity contribution in [3.8, 4) is 5.75 Å². The number of imide groups is 1. The molecular formula is C20H17ClF2IN3O3S. The second-order valence-electron chi connectivity index (χ2n) is 6.33. The molecule has 31 heavy (non-hydrogen) atoms. The van der Waals surface area contributed by atoms with Gasteiger partial charge in [0.05, 0.1) is 5.69 Å². The number of aliphatic imine (C=N–C) groups is 1. The number of amidine groups is 1. The van der Waals surface area contributed by atoms with Crippen LogP contribution in [0.3, 0.4) is 0 Å². The highest BCUT2D eigenvalue weighted by Gasteiger charge is 2.41. The SMILES string of the molecule is CCN=C(Nc1ccc(I)cc1)S[C@H]1CC(=O)N(c2ccc(OC(F)(F)Cl)cc2)C1=O. The number of benzene rings is 2. The van der Waals surface area contributed by atoms with E-state index in [2.05, 4.69) is 37.6 Å². The second-order valence-corrected chi connectivity index (χ2v) is 9.21. The first-order valence-corrected chi connectivity index (χ1v) is 11.5. The summed E-state index contributed by atoms with van der Waals surface area (Å²) in [6.07, 6.45) is -0.00138. The summed E-state index contributed by atoms with van der Waals surface area (Å²) in [5, 5.41) is 3.06. The predicted molar refractivity (Wildman–Crippen MR) is 127 cm³/mol. The van der Waals surface area contributed by atoms with Crippen LogP contribution in [0.25, 0.3) is 0 Å². The third-order valence-corrected chi connectivity index (χ3v) is 5.99. The first-order valence-electron chi connectivity index (χ1n) is 9.12. The lowest BCUT2D eigenvalue weighted by atomic mass is 10.3. The Kier molecular flexibility index (Phi) is 7.76. The van der Waals surface area contributed by atoms with Gasteiger partial charge in [-0.05, 0) is 78.0 Å². The molecule has 1 saturated heterocycles. The number of alkyl halides is 3. The van der Waals surface area contributed by atoms with Gasteiger partial charge in [-0.3, -0.25) is 14.6 Å². The van der Waals surface area contributed by atoms with Crippen LogP contribution in [0.4, 0.5) is 20.2 Å². The number of nitrogens with one attached hydrogen (secondary N) is 1. The van der Waals surface area contributed by atoms with E-state index >= 15 is 0 Å². The molecule has 0 unspecified atom stereocenters. The van der Waals surface area contributed by atoms with Gasteiger partial charge in [-0.15, -0.1) is 8.78 Å². The molecule has 3 rings (SSSR count). The van der Waals surface area contributed by atoms with Crippen molar-refractivity contribution >= 4 is 74.3 Å². The van der Waals surface area contributed by atoms with Crippen LogP contribution >= 0.6 is 46.0 Å². The minimum atomic E-state index is -3.85. The average Bonchev–Trinajstić information content (AvgIpc) is 2.96. The number of hydrogen-bond donors (Lipinski definition) is 1. The van der Waals surface area contributed by atoms with Crippen LogP contribution in [0.5, 0.6) is 5.75 Å². The van der Waals surface area contributed by atoms with Gasteiger partial charge in [0.15, 0.2) is 5.17 Å². The van der Waals surface area contributed by atoms with E-state index in [4.69, 9.17) is 11.6 Å². The molecule has 0 aromatic heterocycles. The maximum absolute atomic E-state index is 12.9. The van der Waals surface area contributed by atoms with E-state index in [-0.39, 0.29) is 23.8 Å². The zero-order chi connectivity index (χ0) is 22.6. The molecule has 0 radical (unpaired) electrons. The predicted octanol–water partition coefficient (Wildman–Crippen LogP) is 5.31. The number of anilines is 2. The minimum Gasteiger partial charge on any atom is -0.420 e. The van der Waals surface area contributed by atoms with Gasteiger partial charge in [0, 0.05) is 33.8 Å². The molecule has 1 atom stereocenters. The monoisotopic (exact) mass is 579 g/mol. The molecule has 164 valence electrons. The molecule has 2 amide bonds. The fourth-order valence-electron chi connectivity index (χ4n) is 2.81. The lowest BCUT2D eigenvalue weighted by Crippen LogP contribution is -2.31. The highest BCUT2D eigenvalue weighted by molar-refractivity contribution is 14.1. The first kappa shape index (κ1) is 23.7. The lowest BCUT2D eigenvalue weighted by molar-refractivity contribution is -0.121. The average molecular weight is 580 g/mol. The fourth-order valence-corrected chi connectivity index (χ4v) is 4.34. The Morgan fingerprint density at radius 1 is 1.26 bits per heavy atom. The molecular weight excluding hydrogens is 563 g/mol. The van der Waals surface area contributed by atoms with Crippen LogP contribution in [0, 0.1) is 3.57 Å². The molecule has 1 fully saturated rings. The number of hydrogen-bond acceptors (Lipinski definition) is 5. The third kappa shape index (κ3) is 6.53. The van der Waals surface area contributed by atoms with E-state index in [1.54, 1.807) is 0 Å². The second kappa shape index (κ2) is 10.1. The fraction of sp³-hybridized carbons (Fsp3) is 0.250. The van der Waals surface area contributed by atoms with Crippen molar-refractivity contribution in [3.63, 3.8) is 0 Å². The summed E-state index contributed by atoms with van der Waals surface area (Å²) >= 11 is 8.13. The Labute approximate surface area is 200 Å². The van der Waals surface area contributed by atoms with Gasteiger partial charge in [0.1, 0.15) is 11.0 Å². The van der Waals surface area contributed by atoms with E-state index in [1.807, 2.05) is 31.2 Å². The van der Waals surface area contributed by atoms with Crippen LogP contribution < -0.4 is 15.0 Å². The molecule has 0 spiro atoms. The summed E-state index contributed by atoms with van der Waals surface area (Å²) in [6.45, 7) is 2.38. The van der Waals surface area contributed by atoms with Crippen molar-refractivity contribution in [2.24, 2.45) is 4.99 Å². The van der Waals surface area contributed by atoms with Crippen molar-refractivity contribution < 1.29 is 23.1 Å². The molecule has 1 N–H and O–H groups in total. The normalized spacial score (nSPS) is 17.3. The number of amides is 2. The van der Waals surface area contributed by atoms with Gasteiger partial charge in [-0.25, -0.2) is 4.90 Å². The zero-order valence-corrected chi connectivity index (χ0v) is 19.9. The van der Waals surface area contributed by atoms with Gasteiger partial charge in [0.25, 0.3) is 0 Å². The van der Waals surface area contributed by atoms with E-state index < -0.39 is 16.7 Å². The van der Waals surface area contributed by atoms with Crippen LogP contribution in [0.2, 0.25) is 0 Å². The van der Waals surface area contributed by atoms with Crippen LogP contribution in [-0.4, -0.2) is 34.3 Å². The Morgan fingerprint density at radius 2 is 1.90 bits per heavy atom. The highest BCUT2D eigenvalue weighted by Crippen LogP contribution is 2.33. The number of rotatable bonds is 6. The number of carbonyl (C=O) groups is 2. The molecule has 1 heterocycles. The number of nitrogens with zero attached hydrogens (tertiary/aromatic N) is 2. The molecule has 2 aromatic carbocycles. The lowest BCUT2D eigenvalue weighted by Gasteiger charge is -2.17. The third-order valence-electron chi connectivity index (χ3n) is 4.08. The number of carbonyl (C=O) groups excluding carboxylic acids is 2. The summed E-state index contributed by atoms with van der Waals surface area (Å²) < 4.78 is 30.8. The molecule has 0 bridgehead atoms. The molecule has 2 aromatic rings. The quantitative estimate of drug-likeness (QED) is 0.165. The topological polar surface area (TPSA) is 71.0 Å². The van der Waals surface area contributed by atoms with Crippen molar-refractivity contribution in [2.75, 3.05) is 16.8 Å². The molecule has 6 nitrogen and oxygen atoms in total. The smallest absolute Gasteiger partial charge is 0.420 e. The summed E-state index contributed by atoms with van der Waals surface area (Å²) in [6, 6.07) is 12.8. The first-order chi connectivity index (χ1) is 14.7. The van der Waals surface area contributed by atoms with Crippen molar-refractivity contribution in [1.82, 2.24) is 0 Å². The van der Waals surface area contributed by atoms with Gasteiger partial charge in [-0.2, -0.15) is 0 Å². The van der Waals surface area contributed by atoms with E-state index in [0.717, 1.165) is 14.2 Å². The molecule has 11 heteroatoms. The van der Waals surface area contributed by atoms with Crippen molar-refractivity contribution in [2.45, 2.75) is 24.2 Å². The van der Waals surface area contributed by atoms with Crippen LogP contribution in [-0.2, 0) is 9.59 Å². The van der Waals surface area contributed by atoms with Gasteiger partial charge in [-0.1, -0.05) is 11.8 Å². The van der Waals surface area contributed by atoms with Crippen LogP contribution in [0.15, 0.2) is 53.5 Å². The van der Waals surface area contributed by atoms with E-state index in [9.17, 15) is 18.4 Å². The largest absolute Gasteiger partial charge is 0.487 e. The van der Waals surface area contributed by atoms with E-state index in [1.165, 1.54) is 36.0 Å². The zero-order valence-electron chi connectivity index (χ0n) is 16.1. The van der Waals surface area contributed by atoms with E-state index in [0.29, 0.717) is 11.7 Å². The Balaban J connectivity index is 1.71. The summed E-state index contributed by atoms with van der Waals surface area (Å²) in [7, 11) is 0. The van der Waals surface area contributed by atoms with Gasteiger partial charge < -0.3 is 10.1 Å². The molecule has 0 aliphatic carbocycles. The molecule has 0 saturated carbocycles. The minimum absolute atomic E-state index is 0.00138. The van der Waals surface area contributed by atoms with Crippen molar-refractivity contribution in [3.05, 3.63) is 52.1 Å². The van der Waals surface area contributed by atoms with Gasteiger partial charge in [0.2, 0.25) is 11.8 Å². The maximum atomic E-state index is 12.9. The Morgan fingerprint density at radius 3 is 2.48 bits per heavy atom. The molecule has 1 aliphatic rings. The maximum Gasteiger partial charge on any atom is 0.487 e. The number of ether oxygens (including phenoxy) is 1. The van der Waals surface area contributed by atoms with Crippen LogP contribution in [0.1, 0.15) is 13.3 Å². The Hall–Kier alpha value is -1.92. The van der Waals surface area contributed by atoms with Crippen molar-refractivity contribution in [1.29, 1.82) is 0 Å². The standard InChI is InChI=1S/C20H17ClF2IN3O3S/c1-2-25-19(26-13-5-3-12(24)4-6-13)31-16-11-17(28)27(18(16)29)14-7-9-15(10-8-14)30-20(21,22)23/h3-10,16H,2,11H2,1H3,(H,25,26)/t16-/m0/s1. The number of halogens is 4. The number of thioether (sulfide) groups is 1. The summed E-state index contributed by atoms with van der Waals surface area (Å²) in [4.78, 5) is 30.8. The van der Waals surface area contributed by atoms with Gasteiger partial charge >= 0.3 is 5.57 Å². The summed E-state index contributed by atoms with van der Waals surface area (Å²) in [5.74, 6) is -0.976. The summed E-state index contributed by atoms with van der Waals surface area (Å²) in [5.41, 5.74) is -2.76. The molecule has 1 aliphatic heterocycles. The highest BCUT2D eigenvalue weighted by atomic mass is 127. The Bertz CT molecular complexity index is 985.